The molecular weight excluding hydrogens is 388 g/mol. The number of rotatable bonds is 8. The quantitative estimate of drug-likeness (QED) is 0.472. The van der Waals surface area contributed by atoms with Gasteiger partial charge >= 0.3 is 12.1 Å². The zero-order chi connectivity index (χ0) is 22.5. The molecule has 1 aliphatic heterocycles. The van der Waals surface area contributed by atoms with Crippen LogP contribution >= 0.6 is 0 Å². The predicted octanol–water partition coefficient (Wildman–Crippen LogP) is 3.15. The average molecular weight is 425 g/mol. The van der Waals surface area contributed by atoms with Crippen molar-refractivity contribution in [1.29, 1.82) is 0 Å². The topological polar surface area (TPSA) is 94.2 Å². The second-order valence-electron chi connectivity index (χ2n) is 8.91. The Morgan fingerprint density at radius 2 is 1.93 bits per heavy atom. The maximum Gasteiger partial charge on any atom is 0.510 e. The van der Waals surface area contributed by atoms with Crippen LogP contribution in [0.2, 0.25) is 0 Å². The summed E-state index contributed by atoms with van der Waals surface area (Å²) in [5.41, 5.74) is -0.678. The van der Waals surface area contributed by atoms with Crippen LogP contribution in [0.3, 0.4) is 0 Å². The summed E-state index contributed by atoms with van der Waals surface area (Å²) in [6.07, 6.45) is 5.31. The van der Waals surface area contributed by atoms with E-state index in [0.29, 0.717) is 12.8 Å². The van der Waals surface area contributed by atoms with E-state index in [1.165, 1.54) is 0 Å². The van der Waals surface area contributed by atoms with Crippen LogP contribution in [0.15, 0.2) is 12.2 Å². The molecule has 0 aromatic heterocycles. The lowest BCUT2D eigenvalue weighted by Gasteiger charge is -2.32. The van der Waals surface area contributed by atoms with Crippen LogP contribution in [0.4, 0.5) is 4.79 Å². The highest BCUT2D eigenvalue weighted by molar-refractivity contribution is 5.84. The summed E-state index contributed by atoms with van der Waals surface area (Å²) >= 11 is 0. The second-order valence-corrected chi connectivity index (χ2v) is 8.91. The number of hydrogen-bond donors (Lipinski definition) is 1. The summed E-state index contributed by atoms with van der Waals surface area (Å²) in [7, 11) is 0. The van der Waals surface area contributed by atoms with Crippen molar-refractivity contribution >= 4 is 18.0 Å². The van der Waals surface area contributed by atoms with E-state index in [1.807, 2.05) is 13.0 Å². The Labute approximate surface area is 179 Å². The molecule has 2 aliphatic rings. The van der Waals surface area contributed by atoms with Gasteiger partial charge in [0.1, 0.15) is 11.6 Å². The molecule has 2 rings (SSSR count). The standard InChI is InChI=1S/C22H36N2O6/c1-7-10-16(20(26)28-8-2)23-14(3)19(25)24-17-12-9-11-15(17)13-18(24)29-21(27)30-22(4,5)6/h9,12,14-18,23H,7-8,10-11,13H2,1-6H3/t14-,15+,16-,17-,18+/m0/s1. The molecule has 0 saturated carbocycles. The van der Waals surface area contributed by atoms with Gasteiger partial charge in [-0.3, -0.25) is 19.8 Å². The maximum absolute atomic E-state index is 13.3. The molecule has 0 aromatic rings. The molecule has 8 nitrogen and oxygen atoms in total. The summed E-state index contributed by atoms with van der Waals surface area (Å²) in [6.45, 7) is 11.0. The van der Waals surface area contributed by atoms with Crippen LogP contribution < -0.4 is 5.32 Å². The number of likely N-dealkylation sites (tertiary alicyclic amines) is 1. The van der Waals surface area contributed by atoms with Crippen molar-refractivity contribution in [2.45, 2.75) is 97.2 Å². The first-order valence-electron chi connectivity index (χ1n) is 10.9. The van der Waals surface area contributed by atoms with Crippen molar-refractivity contribution in [1.82, 2.24) is 10.2 Å². The monoisotopic (exact) mass is 424 g/mol. The molecular formula is C22H36N2O6. The number of nitrogens with one attached hydrogen (secondary N) is 1. The average Bonchev–Trinajstić information content (AvgIpc) is 3.19. The van der Waals surface area contributed by atoms with E-state index in [1.54, 1.807) is 39.5 Å². The summed E-state index contributed by atoms with van der Waals surface area (Å²) in [6, 6.07) is -1.32. The fourth-order valence-electron chi connectivity index (χ4n) is 3.99. The molecule has 0 radical (unpaired) electrons. The van der Waals surface area contributed by atoms with Crippen molar-refractivity contribution in [2.75, 3.05) is 6.61 Å². The number of carbonyl (C=O) groups is 3. The first-order valence-corrected chi connectivity index (χ1v) is 10.9. The Balaban J connectivity index is 2.11. The lowest BCUT2D eigenvalue weighted by Crippen LogP contribution is -2.54. The van der Waals surface area contributed by atoms with E-state index in [-0.39, 0.29) is 30.4 Å². The number of carbonyl (C=O) groups excluding carboxylic acids is 3. The molecule has 30 heavy (non-hydrogen) atoms. The summed E-state index contributed by atoms with van der Waals surface area (Å²) in [5, 5.41) is 3.11. The minimum absolute atomic E-state index is 0.124. The molecule has 0 unspecified atom stereocenters. The van der Waals surface area contributed by atoms with Crippen molar-refractivity contribution < 1.29 is 28.6 Å². The molecule has 8 heteroatoms. The highest BCUT2D eigenvalue weighted by Crippen LogP contribution is 2.38. The minimum atomic E-state index is -0.787. The number of allylic oxidation sites excluding steroid dienone is 1. The normalized spacial score (nSPS) is 24.9. The molecule has 0 spiro atoms. The summed E-state index contributed by atoms with van der Waals surface area (Å²) in [4.78, 5) is 39.4. The fourth-order valence-corrected chi connectivity index (χ4v) is 3.99. The van der Waals surface area contributed by atoms with E-state index in [4.69, 9.17) is 14.2 Å². The fraction of sp³-hybridized carbons (Fsp3) is 0.773. The number of ether oxygens (including phenoxy) is 3. The lowest BCUT2D eigenvalue weighted by molar-refractivity contribution is -0.148. The number of nitrogens with zero attached hydrogens (tertiary/aromatic N) is 1. The highest BCUT2D eigenvalue weighted by Gasteiger charge is 2.47. The molecule has 1 N–H and O–H groups in total. The lowest BCUT2D eigenvalue weighted by atomic mass is 10.0. The zero-order valence-corrected chi connectivity index (χ0v) is 19.0. The minimum Gasteiger partial charge on any atom is -0.465 e. The van der Waals surface area contributed by atoms with Gasteiger partial charge in [-0.25, -0.2) is 4.79 Å². The third kappa shape index (κ3) is 6.20. The van der Waals surface area contributed by atoms with Gasteiger partial charge in [0.05, 0.1) is 18.7 Å². The maximum atomic E-state index is 13.3. The van der Waals surface area contributed by atoms with E-state index in [9.17, 15) is 14.4 Å². The van der Waals surface area contributed by atoms with E-state index >= 15 is 0 Å². The van der Waals surface area contributed by atoms with Gasteiger partial charge in [-0.1, -0.05) is 25.5 Å². The van der Waals surface area contributed by atoms with Crippen LogP contribution in [-0.4, -0.2) is 59.5 Å². The summed E-state index contributed by atoms with van der Waals surface area (Å²) in [5.74, 6) is -0.362. The summed E-state index contributed by atoms with van der Waals surface area (Å²) < 4.78 is 15.9. The zero-order valence-electron chi connectivity index (χ0n) is 19.0. The van der Waals surface area contributed by atoms with Crippen LogP contribution in [-0.2, 0) is 23.8 Å². The second kappa shape index (κ2) is 10.3. The van der Waals surface area contributed by atoms with Crippen LogP contribution in [0, 0.1) is 5.92 Å². The molecule has 170 valence electrons. The Hall–Kier alpha value is -2.09. The van der Waals surface area contributed by atoms with Gasteiger partial charge in [-0.15, -0.1) is 0 Å². The largest absolute Gasteiger partial charge is 0.510 e. The Morgan fingerprint density at radius 3 is 2.53 bits per heavy atom. The van der Waals surface area contributed by atoms with Crippen LogP contribution in [0.5, 0.6) is 0 Å². The third-order valence-corrected chi connectivity index (χ3v) is 5.24. The van der Waals surface area contributed by atoms with E-state index < -0.39 is 30.1 Å². The number of hydrogen-bond acceptors (Lipinski definition) is 7. The van der Waals surface area contributed by atoms with Gasteiger partial charge in [-0.05, 0) is 53.4 Å². The van der Waals surface area contributed by atoms with Gasteiger partial charge in [0, 0.05) is 6.42 Å². The van der Waals surface area contributed by atoms with Gasteiger partial charge in [0.25, 0.3) is 0 Å². The molecule has 1 aliphatic carbocycles. The van der Waals surface area contributed by atoms with Crippen molar-refractivity contribution in [2.24, 2.45) is 5.92 Å². The molecule has 1 saturated heterocycles. The molecule has 5 atom stereocenters. The molecule has 1 fully saturated rings. The van der Waals surface area contributed by atoms with Gasteiger partial charge in [0.15, 0.2) is 6.23 Å². The molecule has 0 bridgehead atoms. The van der Waals surface area contributed by atoms with Gasteiger partial charge < -0.3 is 14.2 Å². The molecule has 1 amide bonds. The Morgan fingerprint density at radius 1 is 1.23 bits per heavy atom. The van der Waals surface area contributed by atoms with E-state index in [0.717, 1.165) is 12.8 Å². The third-order valence-electron chi connectivity index (χ3n) is 5.24. The molecule has 0 aromatic carbocycles. The highest BCUT2D eigenvalue weighted by atomic mass is 16.7. The van der Waals surface area contributed by atoms with Crippen LogP contribution in [0.25, 0.3) is 0 Å². The SMILES string of the molecule is CCC[C@H](N[C@@H](C)C(=O)N1[C@H](OC(=O)OC(C)(C)C)C[C@H]2CC=C[C@@H]21)C(=O)OCC. The number of esters is 1. The van der Waals surface area contributed by atoms with E-state index in [2.05, 4.69) is 11.4 Å². The smallest absolute Gasteiger partial charge is 0.465 e. The van der Waals surface area contributed by atoms with Crippen LogP contribution in [0.1, 0.15) is 67.2 Å². The first kappa shape index (κ1) is 24.2. The predicted molar refractivity (Wildman–Crippen MR) is 112 cm³/mol. The number of fused-ring (bicyclic) bond motifs is 1. The van der Waals surface area contributed by atoms with Gasteiger partial charge in [-0.2, -0.15) is 0 Å². The van der Waals surface area contributed by atoms with Crippen molar-refractivity contribution in [3.63, 3.8) is 0 Å². The van der Waals surface area contributed by atoms with Gasteiger partial charge in [0.2, 0.25) is 5.91 Å². The van der Waals surface area contributed by atoms with Crippen molar-refractivity contribution in [3.05, 3.63) is 12.2 Å². The van der Waals surface area contributed by atoms with Crippen molar-refractivity contribution in [3.8, 4) is 0 Å². The number of amides is 1. The molecule has 1 heterocycles. The Kier molecular flexibility index (Phi) is 8.29. The first-order chi connectivity index (χ1) is 14.1. The Bertz CT molecular complexity index is 657.